The van der Waals surface area contributed by atoms with Crippen LogP contribution in [0.2, 0.25) is 0 Å². The van der Waals surface area contributed by atoms with Gasteiger partial charge in [-0.05, 0) is 41.5 Å². The predicted octanol–water partition coefficient (Wildman–Crippen LogP) is 5.33. The Kier molecular flexibility index (Phi) is 7.14. The number of anilines is 1. The molecule has 0 saturated carbocycles. The third kappa shape index (κ3) is 5.76. The molecule has 0 radical (unpaired) electrons. The molecular weight excluding hydrogens is 450 g/mol. The summed E-state index contributed by atoms with van der Waals surface area (Å²) in [5.41, 5.74) is 3.54. The number of nitrogens with zero attached hydrogens (tertiary/aromatic N) is 4. The van der Waals surface area contributed by atoms with Crippen molar-refractivity contribution in [2.75, 3.05) is 5.32 Å². The van der Waals surface area contributed by atoms with Gasteiger partial charge in [0.2, 0.25) is 5.91 Å². The molecular formula is C25H21N5O3S. The zero-order valence-corrected chi connectivity index (χ0v) is 19.1. The van der Waals surface area contributed by atoms with Crippen LogP contribution in [-0.2, 0) is 17.6 Å². The summed E-state index contributed by atoms with van der Waals surface area (Å²) in [4.78, 5) is 22.6. The second kappa shape index (κ2) is 10.6. The summed E-state index contributed by atoms with van der Waals surface area (Å²) in [6.07, 6.45) is 3.26. The third-order valence-electron chi connectivity index (χ3n) is 4.99. The number of rotatable bonds is 8. The lowest BCUT2D eigenvalue weighted by Crippen LogP contribution is -2.07. The van der Waals surface area contributed by atoms with Gasteiger partial charge in [-0.2, -0.15) is 0 Å². The fraction of sp³-hybridized carbons (Fsp3) is 0.0800. The lowest BCUT2D eigenvalue weighted by molar-refractivity contribution is -0.384. The van der Waals surface area contributed by atoms with Crippen LogP contribution in [-0.4, -0.2) is 25.6 Å². The van der Waals surface area contributed by atoms with Gasteiger partial charge in [0.15, 0.2) is 11.0 Å². The van der Waals surface area contributed by atoms with Crippen LogP contribution >= 0.6 is 11.8 Å². The smallest absolute Gasteiger partial charge is 0.269 e. The number of nitro groups is 1. The Morgan fingerprint density at radius 2 is 1.74 bits per heavy atom. The number of nitrogens with one attached hydrogen (secondary N) is 1. The minimum Gasteiger partial charge on any atom is -0.323 e. The Balaban J connectivity index is 1.37. The lowest BCUT2D eigenvalue weighted by atomic mass is 10.2. The van der Waals surface area contributed by atoms with E-state index in [2.05, 4.69) is 15.5 Å². The van der Waals surface area contributed by atoms with Gasteiger partial charge >= 0.3 is 0 Å². The molecule has 1 N–H and O–H groups in total. The number of amides is 1. The minimum atomic E-state index is -0.413. The van der Waals surface area contributed by atoms with E-state index >= 15 is 0 Å². The van der Waals surface area contributed by atoms with Gasteiger partial charge in [0, 0.05) is 42.3 Å². The number of carbonyl (C=O) groups excluding carboxylic acids is 1. The highest BCUT2D eigenvalue weighted by Crippen LogP contribution is 2.26. The highest BCUT2D eigenvalue weighted by atomic mass is 32.2. The van der Waals surface area contributed by atoms with Crippen molar-refractivity contribution < 1.29 is 9.72 Å². The Morgan fingerprint density at radius 1 is 1.03 bits per heavy atom. The number of aromatic nitrogens is 3. The highest BCUT2D eigenvalue weighted by Gasteiger charge is 2.12. The molecule has 0 bridgehead atoms. The largest absolute Gasteiger partial charge is 0.323 e. The molecule has 34 heavy (non-hydrogen) atoms. The van der Waals surface area contributed by atoms with Crippen molar-refractivity contribution >= 4 is 35.1 Å². The molecule has 0 unspecified atom stereocenters. The number of benzene rings is 3. The molecule has 1 heterocycles. The Labute approximate surface area is 200 Å². The average Bonchev–Trinajstić information content (AvgIpc) is 3.23. The van der Waals surface area contributed by atoms with Crippen molar-refractivity contribution in [1.29, 1.82) is 0 Å². The number of non-ortho nitro benzene ring substituents is 1. The summed E-state index contributed by atoms with van der Waals surface area (Å²) in [5.74, 6) is 1.11. The number of hydrogen-bond donors (Lipinski definition) is 1. The summed E-state index contributed by atoms with van der Waals surface area (Å²) in [5, 5.41) is 22.9. The van der Waals surface area contributed by atoms with E-state index in [9.17, 15) is 14.9 Å². The Morgan fingerprint density at radius 3 is 2.41 bits per heavy atom. The third-order valence-corrected chi connectivity index (χ3v) is 6.08. The van der Waals surface area contributed by atoms with Gasteiger partial charge in [0.1, 0.15) is 0 Å². The predicted molar refractivity (Wildman–Crippen MR) is 133 cm³/mol. The maximum Gasteiger partial charge on any atom is 0.269 e. The molecule has 1 aromatic heterocycles. The van der Waals surface area contributed by atoms with Gasteiger partial charge in [-0.15, -0.1) is 10.2 Å². The van der Waals surface area contributed by atoms with E-state index in [4.69, 9.17) is 0 Å². The summed E-state index contributed by atoms with van der Waals surface area (Å²) in [7, 11) is 1.89. The van der Waals surface area contributed by atoms with E-state index in [0.29, 0.717) is 17.3 Å². The molecule has 8 nitrogen and oxygen atoms in total. The van der Waals surface area contributed by atoms with E-state index in [1.54, 1.807) is 18.2 Å². The van der Waals surface area contributed by atoms with E-state index in [0.717, 1.165) is 21.8 Å². The average molecular weight is 472 g/mol. The Bertz CT molecular complexity index is 1320. The van der Waals surface area contributed by atoms with Gasteiger partial charge in [-0.3, -0.25) is 14.9 Å². The molecule has 0 fully saturated rings. The van der Waals surface area contributed by atoms with Gasteiger partial charge in [-0.25, -0.2) is 0 Å². The molecule has 4 aromatic rings. The van der Waals surface area contributed by atoms with Crippen molar-refractivity contribution in [2.24, 2.45) is 7.05 Å². The van der Waals surface area contributed by atoms with Gasteiger partial charge in [0.25, 0.3) is 5.69 Å². The van der Waals surface area contributed by atoms with E-state index in [1.807, 2.05) is 66.2 Å². The number of nitro benzene ring substituents is 1. The van der Waals surface area contributed by atoms with Crippen molar-refractivity contribution in [1.82, 2.24) is 14.8 Å². The molecule has 170 valence electrons. The topological polar surface area (TPSA) is 103 Å². The first-order chi connectivity index (χ1) is 16.5. The fourth-order valence-electron chi connectivity index (χ4n) is 3.18. The van der Waals surface area contributed by atoms with E-state index < -0.39 is 4.92 Å². The molecule has 0 spiro atoms. The van der Waals surface area contributed by atoms with E-state index in [-0.39, 0.29) is 11.6 Å². The first-order valence-electron chi connectivity index (χ1n) is 10.4. The zero-order valence-electron chi connectivity index (χ0n) is 18.3. The SMILES string of the molecule is Cn1c(SCc2ccc([N+](=O)[O-])cc2)nnc1-c1ccc(NC(=O)C=Cc2ccccc2)cc1. The quantitative estimate of drug-likeness (QED) is 0.161. The molecule has 4 rings (SSSR count). The maximum absolute atomic E-state index is 12.2. The van der Waals surface area contributed by atoms with Crippen LogP contribution in [0, 0.1) is 10.1 Å². The van der Waals surface area contributed by atoms with Crippen LogP contribution < -0.4 is 5.32 Å². The van der Waals surface area contributed by atoms with Crippen LogP contribution in [0.4, 0.5) is 11.4 Å². The highest BCUT2D eigenvalue weighted by molar-refractivity contribution is 7.98. The maximum atomic E-state index is 12.2. The minimum absolute atomic E-state index is 0.0709. The first-order valence-corrected chi connectivity index (χ1v) is 11.4. The lowest BCUT2D eigenvalue weighted by Gasteiger charge is -2.06. The molecule has 3 aromatic carbocycles. The van der Waals surface area contributed by atoms with Crippen molar-refractivity contribution in [3.8, 4) is 11.4 Å². The second-order valence-electron chi connectivity index (χ2n) is 7.39. The van der Waals surface area contributed by atoms with Crippen LogP contribution in [0.15, 0.2) is 90.1 Å². The molecule has 0 aliphatic carbocycles. The molecule has 0 saturated heterocycles. The molecule has 0 atom stereocenters. The number of hydrogen-bond acceptors (Lipinski definition) is 6. The zero-order chi connectivity index (χ0) is 23.9. The van der Waals surface area contributed by atoms with Crippen LogP contribution in [0.25, 0.3) is 17.5 Å². The number of thioether (sulfide) groups is 1. The van der Waals surface area contributed by atoms with Gasteiger partial charge in [-0.1, -0.05) is 54.2 Å². The van der Waals surface area contributed by atoms with Crippen LogP contribution in [0.1, 0.15) is 11.1 Å². The summed E-state index contributed by atoms with van der Waals surface area (Å²) in [6.45, 7) is 0. The fourth-order valence-corrected chi connectivity index (χ4v) is 4.04. The summed E-state index contributed by atoms with van der Waals surface area (Å²) >= 11 is 1.50. The summed E-state index contributed by atoms with van der Waals surface area (Å²) < 4.78 is 1.90. The monoisotopic (exact) mass is 471 g/mol. The molecule has 0 aliphatic rings. The normalized spacial score (nSPS) is 11.0. The summed E-state index contributed by atoms with van der Waals surface area (Å²) in [6, 6.07) is 23.5. The van der Waals surface area contributed by atoms with E-state index in [1.165, 1.54) is 30.0 Å². The molecule has 9 heteroatoms. The van der Waals surface area contributed by atoms with Crippen molar-refractivity contribution in [3.63, 3.8) is 0 Å². The van der Waals surface area contributed by atoms with Crippen LogP contribution in [0.3, 0.4) is 0 Å². The molecule has 1 amide bonds. The van der Waals surface area contributed by atoms with Crippen LogP contribution in [0.5, 0.6) is 0 Å². The molecule has 0 aliphatic heterocycles. The van der Waals surface area contributed by atoms with Gasteiger partial charge in [0.05, 0.1) is 4.92 Å². The second-order valence-corrected chi connectivity index (χ2v) is 8.33. The van der Waals surface area contributed by atoms with Crippen molar-refractivity contribution in [3.05, 3.63) is 106 Å². The Hall–Kier alpha value is -4.24. The number of carbonyl (C=O) groups is 1. The standard InChI is InChI=1S/C25H21N5O3S/c1-29-24(27-28-25(29)34-17-19-7-14-22(15-8-19)30(32)33)20-10-12-21(13-11-20)26-23(31)16-9-18-5-3-2-4-6-18/h2-16H,17H2,1H3,(H,26,31). The first kappa shape index (κ1) is 22.9. The van der Waals surface area contributed by atoms with Crippen molar-refractivity contribution in [2.45, 2.75) is 10.9 Å². The van der Waals surface area contributed by atoms with Gasteiger partial charge < -0.3 is 9.88 Å².